The summed E-state index contributed by atoms with van der Waals surface area (Å²) < 4.78 is 6.36. The van der Waals surface area contributed by atoms with Crippen molar-refractivity contribution in [3.8, 4) is 5.75 Å². The number of aromatic nitrogens is 2. The van der Waals surface area contributed by atoms with E-state index in [0.717, 1.165) is 22.8 Å². The molecular weight excluding hydrogens is 314 g/mol. The zero-order chi connectivity index (χ0) is 17.1. The molecule has 2 rings (SSSR count). The van der Waals surface area contributed by atoms with Crippen LogP contribution in [0.25, 0.3) is 0 Å². The van der Waals surface area contributed by atoms with Crippen molar-refractivity contribution >= 4 is 17.3 Å². The van der Waals surface area contributed by atoms with Crippen LogP contribution >= 0.6 is 0 Å². The zero-order valence-corrected chi connectivity index (χ0v) is 11.6. The first-order chi connectivity index (χ1) is 10.8. The fourth-order valence-electron chi connectivity index (χ4n) is 1.77. The highest BCUT2D eigenvalue weighted by atomic mass is 16.6. The van der Waals surface area contributed by atoms with Crippen LogP contribution < -0.4 is 4.74 Å². The third kappa shape index (κ3) is 3.20. The van der Waals surface area contributed by atoms with E-state index in [0.29, 0.717) is 0 Å². The molecule has 0 aliphatic heterocycles. The number of nitro benzene ring substituents is 2. The van der Waals surface area contributed by atoms with Gasteiger partial charge in [0.1, 0.15) is 12.8 Å². The molecule has 0 unspecified atom stereocenters. The lowest BCUT2D eigenvalue weighted by atomic mass is 10.2. The van der Waals surface area contributed by atoms with Crippen LogP contribution in [0.1, 0.15) is 5.69 Å². The van der Waals surface area contributed by atoms with Crippen molar-refractivity contribution in [2.45, 2.75) is 6.61 Å². The molecule has 0 spiro atoms. The molecule has 0 aliphatic rings. The van der Waals surface area contributed by atoms with Crippen molar-refractivity contribution in [2.75, 3.05) is 0 Å². The van der Waals surface area contributed by atoms with Gasteiger partial charge in [-0.2, -0.15) is 0 Å². The van der Waals surface area contributed by atoms with E-state index in [1.54, 1.807) is 0 Å². The molecule has 1 aromatic carbocycles. The summed E-state index contributed by atoms with van der Waals surface area (Å²) >= 11 is 0. The van der Waals surface area contributed by atoms with Crippen LogP contribution in [-0.4, -0.2) is 24.3 Å². The minimum absolute atomic E-state index is 0.275. The summed E-state index contributed by atoms with van der Waals surface area (Å²) in [4.78, 5) is 33.8. The Kier molecular flexibility index (Phi) is 4.16. The maximum atomic E-state index is 10.9. The lowest BCUT2D eigenvalue weighted by Crippen LogP contribution is -2.06. The molecule has 0 N–H and O–H groups in total. The van der Waals surface area contributed by atoms with Crippen molar-refractivity contribution in [1.82, 2.24) is 9.55 Å². The smallest absolute Gasteiger partial charge is 0.434 e. The van der Waals surface area contributed by atoms with Gasteiger partial charge in [-0.15, -0.1) is 0 Å². The Labute approximate surface area is 127 Å². The van der Waals surface area contributed by atoms with Gasteiger partial charge in [0.2, 0.25) is 5.75 Å². The number of nitro groups is 3. The van der Waals surface area contributed by atoms with Gasteiger partial charge in [0.25, 0.3) is 5.69 Å². The topological polar surface area (TPSA) is 156 Å². The van der Waals surface area contributed by atoms with Crippen LogP contribution in [0.3, 0.4) is 0 Å². The lowest BCUT2D eigenvalue weighted by Gasteiger charge is -2.05. The van der Waals surface area contributed by atoms with Crippen LogP contribution in [0.15, 0.2) is 24.4 Å². The number of hydrogen-bond acceptors (Lipinski definition) is 8. The Morgan fingerprint density at radius 3 is 2.35 bits per heavy atom. The van der Waals surface area contributed by atoms with E-state index in [9.17, 15) is 30.3 Å². The second-order valence-corrected chi connectivity index (χ2v) is 4.32. The maximum Gasteiger partial charge on any atom is 0.434 e. The molecule has 0 aliphatic carbocycles. The quantitative estimate of drug-likeness (QED) is 0.574. The van der Waals surface area contributed by atoms with Crippen LogP contribution in [0.4, 0.5) is 17.3 Å². The number of ether oxygens (including phenoxy) is 1. The molecule has 1 aromatic heterocycles. The van der Waals surface area contributed by atoms with E-state index in [2.05, 4.69) is 4.98 Å². The van der Waals surface area contributed by atoms with Crippen molar-refractivity contribution < 1.29 is 19.5 Å². The summed E-state index contributed by atoms with van der Waals surface area (Å²) in [6.45, 7) is -0.278. The predicted octanol–water partition coefficient (Wildman–Crippen LogP) is 1.72. The van der Waals surface area contributed by atoms with Crippen molar-refractivity contribution in [1.29, 1.82) is 0 Å². The first-order valence-corrected chi connectivity index (χ1v) is 6.02. The monoisotopic (exact) mass is 323 g/mol. The van der Waals surface area contributed by atoms with Crippen LogP contribution in [-0.2, 0) is 13.7 Å². The van der Waals surface area contributed by atoms with E-state index >= 15 is 0 Å². The summed E-state index contributed by atoms with van der Waals surface area (Å²) in [5, 5.41) is 32.3. The largest absolute Gasteiger partial charge is 0.479 e. The van der Waals surface area contributed by atoms with Crippen LogP contribution in [0.5, 0.6) is 5.75 Å². The maximum absolute atomic E-state index is 10.9. The van der Waals surface area contributed by atoms with E-state index in [4.69, 9.17) is 4.74 Å². The highest BCUT2D eigenvalue weighted by molar-refractivity contribution is 5.53. The summed E-state index contributed by atoms with van der Waals surface area (Å²) in [7, 11) is 1.38. The Morgan fingerprint density at radius 2 is 1.83 bits per heavy atom. The number of rotatable bonds is 6. The standard InChI is InChI=1S/C11H9N5O7/c1-13-8(5-12-11(13)16(21)22)6-23-10-4-7(14(17)18)2-3-9(10)15(19)20/h2-5H,6H2,1H3. The van der Waals surface area contributed by atoms with Gasteiger partial charge in [-0.3, -0.25) is 20.2 Å². The van der Waals surface area contributed by atoms with Gasteiger partial charge >= 0.3 is 11.6 Å². The average Bonchev–Trinajstić information content (AvgIpc) is 2.85. The second kappa shape index (κ2) is 6.05. The van der Waals surface area contributed by atoms with Gasteiger partial charge in [-0.05, 0) is 4.92 Å². The Bertz CT molecular complexity index is 800. The summed E-state index contributed by atoms with van der Waals surface area (Å²) in [5.74, 6) is -0.731. The van der Waals surface area contributed by atoms with Gasteiger partial charge in [0.15, 0.2) is 5.69 Å². The summed E-state index contributed by atoms with van der Waals surface area (Å²) in [6, 6.07) is 2.86. The lowest BCUT2D eigenvalue weighted by molar-refractivity contribution is -0.396. The van der Waals surface area contributed by atoms with E-state index in [1.165, 1.54) is 13.2 Å². The molecule has 0 amide bonds. The minimum atomic E-state index is -0.745. The molecule has 120 valence electrons. The summed E-state index contributed by atoms with van der Waals surface area (Å²) in [5.41, 5.74) is -0.550. The Hall–Kier alpha value is -3.57. The zero-order valence-electron chi connectivity index (χ0n) is 11.6. The third-order valence-corrected chi connectivity index (χ3v) is 2.95. The van der Waals surface area contributed by atoms with E-state index in [1.807, 2.05) is 0 Å². The molecule has 2 aromatic rings. The first kappa shape index (κ1) is 15.8. The van der Waals surface area contributed by atoms with Crippen molar-refractivity contribution in [2.24, 2.45) is 7.05 Å². The predicted molar refractivity (Wildman–Crippen MR) is 73.9 cm³/mol. The molecule has 23 heavy (non-hydrogen) atoms. The molecular formula is C11H9N5O7. The fraction of sp³-hybridized carbons (Fsp3) is 0.182. The fourth-order valence-corrected chi connectivity index (χ4v) is 1.77. The highest BCUT2D eigenvalue weighted by Crippen LogP contribution is 2.31. The molecule has 12 heteroatoms. The number of benzene rings is 1. The molecule has 0 fully saturated rings. The van der Waals surface area contributed by atoms with Crippen molar-refractivity contribution in [3.05, 3.63) is 60.4 Å². The number of non-ortho nitro benzene ring substituents is 1. The Balaban J connectivity index is 2.29. The SMILES string of the molecule is Cn1c(COc2cc([N+](=O)[O-])ccc2[N+](=O)[O-])cnc1[N+](=O)[O-]. The van der Waals surface area contributed by atoms with Gasteiger partial charge in [-0.25, -0.2) is 4.57 Å². The number of nitrogens with zero attached hydrogens (tertiary/aromatic N) is 5. The molecule has 0 bridgehead atoms. The second-order valence-electron chi connectivity index (χ2n) is 4.32. The molecule has 0 radical (unpaired) electrons. The third-order valence-electron chi connectivity index (χ3n) is 2.95. The van der Waals surface area contributed by atoms with Gasteiger partial charge in [0.05, 0.1) is 23.0 Å². The first-order valence-electron chi connectivity index (χ1n) is 6.02. The molecule has 0 atom stereocenters. The van der Waals surface area contributed by atoms with Crippen LogP contribution in [0.2, 0.25) is 0 Å². The van der Waals surface area contributed by atoms with E-state index < -0.39 is 26.4 Å². The summed E-state index contributed by atoms with van der Waals surface area (Å²) in [6.07, 6.45) is 1.18. The van der Waals surface area contributed by atoms with Gasteiger partial charge < -0.3 is 14.9 Å². The number of hydrogen-bond donors (Lipinski definition) is 0. The van der Waals surface area contributed by atoms with Crippen LogP contribution in [0, 0.1) is 30.3 Å². The number of imidazole rings is 1. The molecule has 0 saturated carbocycles. The normalized spacial score (nSPS) is 10.3. The highest BCUT2D eigenvalue weighted by Gasteiger charge is 2.22. The molecule has 1 heterocycles. The van der Waals surface area contributed by atoms with E-state index in [-0.39, 0.29) is 23.7 Å². The Morgan fingerprint density at radius 1 is 1.13 bits per heavy atom. The molecule has 12 nitrogen and oxygen atoms in total. The minimum Gasteiger partial charge on any atom is -0.479 e. The average molecular weight is 323 g/mol. The van der Waals surface area contributed by atoms with Gasteiger partial charge in [0, 0.05) is 12.1 Å². The molecule has 0 saturated heterocycles. The van der Waals surface area contributed by atoms with Crippen molar-refractivity contribution in [3.63, 3.8) is 0 Å². The van der Waals surface area contributed by atoms with Gasteiger partial charge in [-0.1, -0.05) is 4.98 Å².